The van der Waals surface area contributed by atoms with E-state index in [1.165, 1.54) is 12.1 Å². The van der Waals surface area contributed by atoms with E-state index in [0.717, 1.165) is 17.0 Å². The molecule has 2 aromatic carbocycles. The summed E-state index contributed by atoms with van der Waals surface area (Å²) in [5, 5.41) is 9.89. The van der Waals surface area contributed by atoms with Gasteiger partial charge in [-0.05, 0) is 35.9 Å². The highest BCUT2D eigenvalue weighted by Crippen LogP contribution is 2.24. The zero-order valence-electron chi connectivity index (χ0n) is 10.4. The quantitative estimate of drug-likeness (QED) is 0.769. The van der Waals surface area contributed by atoms with Crippen LogP contribution in [0.4, 0.5) is 4.39 Å². The average molecular weight is 267 g/mol. The third-order valence-electron chi connectivity index (χ3n) is 3.07. The third kappa shape index (κ3) is 2.23. The van der Waals surface area contributed by atoms with E-state index in [1.807, 2.05) is 30.3 Å². The van der Waals surface area contributed by atoms with E-state index in [-0.39, 0.29) is 5.56 Å². The van der Waals surface area contributed by atoms with E-state index >= 15 is 0 Å². The van der Waals surface area contributed by atoms with Gasteiger partial charge in [0.2, 0.25) is 0 Å². The van der Waals surface area contributed by atoms with Gasteiger partial charge in [0.1, 0.15) is 5.82 Å². The zero-order chi connectivity index (χ0) is 14.1. The van der Waals surface area contributed by atoms with Crippen LogP contribution in [0.25, 0.3) is 22.0 Å². The molecule has 1 heterocycles. The van der Waals surface area contributed by atoms with Crippen molar-refractivity contribution < 1.29 is 14.3 Å². The summed E-state index contributed by atoms with van der Waals surface area (Å²) >= 11 is 0. The average Bonchev–Trinajstić information content (AvgIpc) is 2.46. The van der Waals surface area contributed by atoms with Gasteiger partial charge in [-0.3, -0.25) is 4.98 Å². The molecule has 0 fully saturated rings. The number of hydrogen-bond acceptors (Lipinski definition) is 2. The van der Waals surface area contributed by atoms with Crippen molar-refractivity contribution in [2.45, 2.75) is 0 Å². The maximum Gasteiger partial charge on any atom is 0.335 e. The van der Waals surface area contributed by atoms with Crippen LogP contribution in [0.5, 0.6) is 0 Å². The second kappa shape index (κ2) is 4.74. The molecule has 1 N–H and O–H groups in total. The molecule has 0 atom stereocenters. The monoisotopic (exact) mass is 267 g/mol. The summed E-state index contributed by atoms with van der Waals surface area (Å²) in [7, 11) is 0. The SMILES string of the molecule is O=C(O)c1cc(F)cc(-c2cnc3ccccc3c2)c1. The fourth-order valence-corrected chi connectivity index (χ4v) is 2.11. The summed E-state index contributed by atoms with van der Waals surface area (Å²) < 4.78 is 13.5. The number of rotatable bonds is 2. The molecule has 0 bridgehead atoms. The molecule has 0 radical (unpaired) electrons. The molecule has 0 unspecified atom stereocenters. The van der Waals surface area contributed by atoms with Crippen molar-refractivity contribution in [2.75, 3.05) is 0 Å². The molecule has 3 aromatic rings. The number of hydrogen-bond donors (Lipinski definition) is 1. The molecule has 0 aliphatic rings. The van der Waals surface area contributed by atoms with E-state index in [4.69, 9.17) is 5.11 Å². The molecular formula is C16H10FNO2. The number of carbonyl (C=O) groups is 1. The number of aromatic nitrogens is 1. The van der Waals surface area contributed by atoms with Gasteiger partial charge in [-0.15, -0.1) is 0 Å². The molecule has 3 rings (SSSR count). The first kappa shape index (κ1) is 12.3. The van der Waals surface area contributed by atoms with Gasteiger partial charge < -0.3 is 5.11 Å². The lowest BCUT2D eigenvalue weighted by Gasteiger charge is -2.05. The van der Waals surface area contributed by atoms with E-state index in [1.54, 1.807) is 6.20 Å². The molecule has 3 nitrogen and oxygen atoms in total. The number of carboxylic acids is 1. The lowest BCUT2D eigenvalue weighted by molar-refractivity contribution is 0.0696. The van der Waals surface area contributed by atoms with Gasteiger partial charge in [0.25, 0.3) is 0 Å². The first-order valence-electron chi connectivity index (χ1n) is 6.02. The van der Waals surface area contributed by atoms with Crippen LogP contribution in [0, 0.1) is 5.82 Å². The fraction of sp³-hybridized carbons (Fsp3) is 0. The molecule has 1 aromatic heterocycles. The van der Waals surface area contributed by atoms with Crippen molar-refractivity contribution in [1.29, 1.82) is 0 Å². The van der Waals surface area contributed by atoms with Gasteiger partial charge in [-0.25, -0.2) is 9.18 Å². The summed E-state index contributed by atoms with van der Waals surface area (Å²) in [6.45, 7) is 0. The summed E-state index contributed by atoms with van der Waals surface area (Å²) in [5.74, 6) is -1.73. The third-order valence-corrected chi connectivity index (χ3v) is 3.07. The number of nitrogens with zero attached hydrogens (tertiary/aromatic N) is 1. The van der Waals surface area contributed by atoms with Crippen molar-refractivity contribution in [3.8, 4) is 11.1 Å². The van der Waals surface area contributed by atoms with Crippen molar-refractivity contribution in [2.24, 2.45) is 0 Å². The van der Waals surface area contributed by atoms with Crippen molar-refractivity contribution in [3.05, 3.63) is 66.1 Å². The minimum atomic E-state index is -1.15. The van der Waals surface area contributed by atoms with Gasteiger partial charge in [-0.1, -0.05) is 18.2 Å². The molecule has 4 heteroatoms. The first-order valence-corrected chi connectivity index (χ1v) is 6.02. The topological polar surface area (TPSA) is 50.2 Å². The van der Waals surface area contributed by atoms with Crippen molar-refractivity contribution in [1.82, 2.24) is 4.98 Å². The Bertz CT molecular complexity index is 814. The highest BCUT2D eigenvalue weighted by molar-refractivity contribution is 5.90. The van der Waals surface area contributed by atoms with E-state index in [0.29, 0.717) is 11.1 Å². The normalized spacial score (nSPS) is 10.7. The van der Waals surface area contributed by atoms with Gasteiger partial charge in [0.05, 0.1) is 11.1 Å². The van der Waals surface area contributed by atoms with E-state index in [2.05, 4.69) is 4.98 Å². The van der Waals surface area contributed by atoms with Crippen LogP contribution in [-0.2, 0) is 0 Å². The predicted octanol–water partition coefficient (Wildman–Crippen LogP) is 3.74. The molecule has 0 saturated carbocycles. The number of carboxylic acid groups (broad SMARTS) is 1. The molecule has 0 saturated heterocycles. The Hall–Kier alpha value is -2.75. The van der Waals surface area contributed by atoms with Crippen LogP contribution in [0.15, 0.2) is 54.7 Å². The summed E-state index contributed by atoms with van der Waals surface area (Å²) in [6, 6.07) is 13.2. The molecule has 20 heavy (non-hydrogen) atoms. The summed E-state index contributed by atoms with van der Waals surface area (Å²) in [4.78, 5) is 15.3. The largest absolute Gasteiger partial charge is 0.478 e. The van der Waals surface area contributed by atoms with E-state index < -0.39 is 11.8 Å². The van der Waals surface area contributed by atoms with Crippen LogP contribution in [0.2, 0.25) is 0 Å². The second-order valence-electron chi connectivity index (χ2n) is 4.45. The minimum Gasteiger partial charge on any atom is -0.478 e. The van der Waals surface area contributed by atoms with Gasteiger partial charge in [0.15, 0.2) is 0 Å². The first-order chi connectivity index (χ1) is 9.63. The lowest BCUT2D eigenvalue weighted by Crippen LogP contribution is -1.97. The fourth-order valence-electron chi connectivity index (χ4n) is 2.11. The van der Waals surface area contributed by atoms with Gasteiger partial charge >= 0.3 is 5.97 Å². The Morgan fingerprint density at radius 1 is 1.05 bits per heavy atom. The van der Waals surface area contributed by atoms with E-state index in [9.17, 15) is 9.18 Å². The number of para-hydroxylation sites is 1. The molecule has 0 amide bonds. The standard InChI is InChI=1S/C16H10FNO2/c17-14-7-11(6-12(8-14)16(19)20)13-5-10-3-1-2-4-15(10)18-9-13/h1-9H,(H,19,20). The van der Waals surface area contributed by atoms with Crippen LogP contribution < -0.4 is 0 Å². The molecule has 0 spiro atoms. The van der Waals surface area contributed by atoms with Crippen LogP contribution in [-0.4, -0.2) is 16.1 Å². The van der Waals surface area contributed by atoms with Gasteiger partial charge in [-0.2, -0.15) is 0 Å². The Kier molecular flexibility index (Phi) is 2.91. The number of aromatic carboxylic acids is 1. The Balaban J connectivity index is 2.17. The number of pyridine rings is 1. The van der Waals surface area contributed by atoms with Crippen LogP contribution in [0.3, 0.4) is 0 Å². The maximum atomic E-state index is 13.5. The Morgan fingerprint density at radius 3 is 2.65 bits per heavy atom. The van der Waals surface area contributed by atoms with Crippen LogP contribution >= 0.6 is 0 Å². The smallest absolute Gasteiger partial charge is 0.335 e. The number of benzene rings is 2. The highest BCUT2D eigenvalue weighted by atomic mass is 19.1. The molecule has 0 aliphatic heterocycles. The Labute approximate surface area is 114 Å². The second-order valence-corrected chi connectivity index (χ2v) is 4.45. The highest BCUT2D eigenvalue weighted by Gasteiger charge is 2.09. The molecule has 98 valence electrons. The summed E-state index contributed by atoms with van der Waals surface area (Å²) in [6.07, 6.45) is 1.61. The predicted molar refractivity (Wildman–Crippen MR) is 74.1 cm³/mol. The Morgan fingerprint density at radius 2 is 1.85 bits per heavy atom. The number of fused-ring (bicyclic) bond motifs is 1. The van der Waals surface area contributed by atoms with Crippen molar-refractivity contribution in [3.63, 3.8) is 0 Å². The molecule has 0 aliphatic carbocycles. The summed E-state index contributed by atoms with van der Waals surface area (Å²) in [5.41, 5.74) is 1.95. The minimum absolute atomic E-state index is 0.0758. The van der Waals surface area contributed by atoms with Crippen LogP contribution in [0.1, 0.15) is 10.4 Å². The molecular weight excluding hydrogens is 257 g/mol. The maximum absolute atomic E-state index is 13.5. The van der Waals surface area contributed by atoms with Gasteiger partial charge in [0, 0.05) is 17.1 Å². The number of halogens is 1. The van der Waals surface area contributed by atoms with Crippen molar-refractivity contribution >= 4 is 16.9 Å². The zero-order valence-corrected chi connectivity index (χ0v) is 10.4. The lowest BCUT2D eigenvalue weighted by atomic mass is 10.0.